The summed E-state index contributed by atoms with van der Waals surface area (Å²) in [6.45, 7) is 0. The van der Waals surface area contributed by atoms with Crippen molar-refractivity contribution in [2.75, 3.05) is 4.90 Å². The van der Waals surface area contributed by atoms with Gasteiger partial charge < -0.3 is 13.9 Å². The molecule has 0 bridgehead atoms. The monoisotopic (exact) mass is 732 g/mol. The molecule has 0 saturated heterocycles. The van der Waals surface area contributed by atoms with Crippen LogP contribution in [0.5, 0.6) is 0 Å². The summed E-state index contributed by atoms with van der Waals surface area (Å²) in [4.78, 5) is 2.36. The van der Waals surface area contributed by atoms with E-state index in [1.54, 1.807) is 0 Å². The average Bonchev–Trinajstić information content (AvgIpc) is 3.93. The molecule has 0 spiro atoms. The zero-order valence-corrected chi connectivity index (χ0v) is 31.0. The molecule has 9 aromatic carbocycles. The highest BCUT2D eigenvalue weighted by Crippen LogP contribution is 2.43. The van der Waals surface area contributed by atoms with Crippen LogP contribution in [-0.4, -0.2) is 4.57 Å². The van der Waals surface area contributed by atoms with Crippen LogP contribution in [0, 0.1) is 0 Å². The van der Waals surface area contributed by atoms with Crippen LogP contribution in [0.4, 0.5) is 17.1 Å². The molecule has 0 atom stereocenters. The predicted octanol–water partition coefficient (Wildman–Crippen LogP) is 15.3. The number of fused-ring (bicyclic) bond motifs is 11. The summed E-state index contributed by atoms with van der Waals surface area (Å²) in [5.74, 6) is 0. The highest BCUT2D eigenvalue weighted by molar-refractivity contribution is 7.25. The highest BCUT2D eigenvalue weighted by atomic mass is 32.1. The number of furan rings is 1. The molecule has 3 aromatic heterocycles. The van der Waals surface area contributed by atoms with Crippen LogP contribution in [0.15, 0.2) is 199 Å². The van der Waals surface area contributed by atoms with Crippen molar-refractivity contribution in [2.45, 2.75) is 0 Å². The Bertz CT molecular complexity index is 3470. The van der Waals surface area contributed by atoms with Gasteiger partial charge in [0, 0.05) is 69.9 Å². The minimum Gasteiger partial charge on any atom is -0.455 e. The standard InChI is InChI=1S/C52H32N2OS/c1-3-11-36(12-4-1)53(39-25-27-42-41-16-8-10-18-50(41)56-51(42)31-39)38-23-19-33(20-24-38)34-22-28-47-45(29-34)46-30-35-21-26-43-40-15-7-9-17-49(40)55-52(43)44(35)32-48(46)54(47)37-13-5-2-6-14-37/h1-32H. The van der Waals surface area contributed by atoms with Gasteiger partial charge in [-0.1, -0.05) is 103 Å². The van der Waals surface area contributed by atoms with Crippen LogP contribution in [0.1, 0.15) is 0 Å². The van der Waals surface area contributed by atoms with E-state index in [1.807, 2.05) is 17.4 Å². The maximum Gasteiger partial charge on any atom is 0.143 e. The zero-order chi connectivity index (χ0) is 36.7. The second kappa shape index (κ2) is 12.2. The highest BCUT2D eigenvalue weighted by Gasteiger charge is 2.19. The summed E-state index contributed by atoms with van der Waals surface area (Å²) in [6.07, 6.45) is 0. The van der Waals surface area contributed by atoms with E-state index in [-0.39, 0.29) is 0 Å². The molecule has 262 valence electrons. The number of hydrogen-bond donors (Lipinski definition) is 0. The summed E-state index contributed by atoms with van der Waals surface area (Å²) in [7, 11) is 0. The zero-order valence-electron chi connectivity index (χ0n) is 30.2. The van der Waals surface area contributed by atoms with Crippen LogP contribution in [0.3, 0.4) is 0 Å². The molecule has 12 aromatic rings. The van der Waals surface area contributed by atoms with Crippen LogP contribution >= 0.6 is 11.3 Å². The SMILES string of the molecule is c1ccc(N(c2ccc(-c3ccc4c(c3)c3cc5ccc6c7ccccc7oc6c5cc3n4-c3ccccc3)cc2)c2ccc3c(c2)sc2ccccc23)cc1. The molecule has 0 unspecified atom stereocenters. The lowest BCUT2D eigenvalue weighted by Crippen LogP contribution is -2.09. The number of anilines is 3. The van der Waals surface area contributed by atoms with E-state index in [2.05, 4.69) is 198 Å². The minimum absolute atomic E-state index is 0.915. The first-order valence-electron chi connectivity index (χ1n) is 19.0. The van der Waals surface area contributed by atoms with E-state index in [1.165, 1.54) is 53.0 Å². The molecule has 12 rings (SSSR count). The maximum absolute atomic E-state index is 6.51. The Labute approximate surface area is 326 Å². The second-order valence-electron chi connectivity index (χ2n) is 14.5. The van der Waals surface area contributed by atoms with E-state index >= 15 is 0 Å². The molecule has 3 heterocycles. The number of hydrogen-bond acceptors (Lipinski definition) is 3. The van der Waals surface area contributed by atoms with Crippen LogP contribution < -0.4 is 4.90 Å². The molecule has 0 radical (unpaired) electrons. The van der Waals surface area contributed by atoms with Gasteiger partial charge in [-0.3, -0.25) is 0 Å². The maximum atomic E-state index is 6.51. The van der Waals surface area contributed by atoms with E-state index < -0.39 is 0 Å². The van der Waals surface area contributed by atoms with E-state index in [0.29, 0.717) is 0 Å². The fourth-order valence-corrected chi connectivity index (χ4v) is 9.88. The van der Waals surface area contributed by atoms with Gasteiger partial charge in [-0.25, -0.2) is 0 Å². The van der Waals surface area contributed by atoms with Crippen molar-refractivity contribution in [1.29, 1.82) is 0 Å². The van der Waals surface area contributed by atoms with E-state index in [4.69, 9.17) is 4.42 Å². The van der Waals surface area contributed by atoms with Gasteiger partial charge in [-0.2, -0.15) is 0 Å². The Morgan fingerprint density at radius 1 is 0.393 bits per heavy atom. The average molecular weight is 733 g/mol. The number of benzene rings is 9. The summed E-state index contributed by atoms with van der Waals surface area (Å²) < 4.78 is 11.5. The van der Waals surface area contributed by atoms with Crippen molar-refractivity contribution in [3.05, 3.63) is 194 Å². The molecule has 56 heavy (non-hydrogen) atoms. The van der Waals surface area contributed by atoms with E-state index in [9.17, 15) is 0 Å². The first kappa shape index (κ1) is 31.2. The van der Waals surface area contributed by atoms with Crippen LogP contribution in [0.2, 0.25) is 0 Å². The van der Waals surface area contributed by atoms with Crippen molar-refractivity contribution in [1.82, 2.24) is 4.57 Å². The van der Waals surface area contributed by atoms with Crippen molar-refractivity contribution >= 4 is 103 Å². The third-order valence-electron chi connectivity index (χ3n) is 11.4. The van der Waals surface area contributed by atoms with Crippen molar-refractivity contribution in [2.24, 2.45) is 0 Å². The summed E-state index contributed by atoms with van der Waals surface area (Å²) in [6, 6.07) is 70.2. The molecule has 3 nitrogen and oxygen atoms in total. The minimum atomic E-state index is 0.915. The van der Waals surface area contributed by atoms with Gasteiger partial charge in [0.25, 0.3) is 0 Å². The van der Waals surface area contributed by atoms with Gasteiger partial charge in [0.05, 0.1) is 11.0 Å². The number of rotatable bonds is 5. The Kier molecular flexibility index (Phi) is 6.80. The fraction of sp³-hybridized carbons (Fsp3) is 0. The predicted molar refractivity (Wildman–Crippen MR) is 239 cm³/mol. The largest absolute Gasteiger partial charge is 0.455 e. The van der Waals surface area contributed by atoms with E-state index in [0.717, 1.165) is 55.6 Å². The number of nitrogens with zero attached hydrogens (tertiary/aromatic N) is 2. The fourth-order valence-electron chi connectivity index (χ4n) is 8.74. The molecule has 0 aliphatic rings. The van der Waals surface area contributed by atoms with Gasteiger partial charge >= 0.3 is 0 Å². The third-order valence-corrected chi connectivity index (χ3v) is 12.5. The lowest BCUT2D eigenvalue weighted by molar-refractivity contribution is 0.672. The molecule has 0 aliphatic carbocycles. The first-order valence-corrected chi connectivity index (χ1v) is 19.8. The normalized spacial score (nSPS) is 11.9. The molecular weight excluding hydrogens is 701 g/mol. The Hall–Kier alpha value is -7.14. The summed E-state index contributed by atoms with van der Waals surface area (Å²) >= 11 is 1.85. The third kappa shape index (κ3) is 4.76. The van der Waals surface area contributed by atoms with Gasteiger partial charge in [-0.05, 0) is 108 Å². The number of thiophene rings is 1. The summed E-state index contributed by atoms with van der Waals surface area (Å²) in [5, 5.41) is 9.64. The quantitative estimate of drug-likeness (QED) is 0.176. The van der Waals surface area contributed by atoms with Gasteiger partial charge in [-0.15, -0.1) is 11.3 Å². The van der Waals surface area contributed by atoms with Gasteiger partial charge in [0.1, 0.15) is 11.2 Å². The lowest BCUT2D eigenvalue weighted by Gasteiger charge is -2.25. The number of para-hydroxylation sites is 3. The van der Waals surface area contributed by atoms with Crippen molar-refractivity contribution in [3.8, 4) is 16.8 Å². The molecular formula is C52H32N2OS. The molecule has 0 amide bonds. The summed E-state index contributed by atoms with van der Waals surface area (Å²) in [5.41, 5.74) is 11.1. The van der Waals surface area contributed by atoms with Crippen LogP contribution in [-0.2, 0) is 0 Å². The van der Waals surface area contributed by atoms with Gasteiger partial charge in [0.15, 0.2) is 0 Å². The van der Waals surface area contributed by atoms with Gasteiger partial charge in [0.2, 0.25) is 0 Å². The Morgan fingerprint density at radius 2 is 1.05 bits per heavy atom. The molecule has 0 aliphatic heterocycles. The smallest absolute Gasteiger partial charge is 0.143 e. The molecule has 0 fully saturated rings. The molecule has 0 N–H and O–H groups in total. The van der Waals surface area contributed by atoms with Crippen LogP contribution in [0.25, 0.3) is 91.5 Å². The lowest BCUT2D eigenvalue weighted by atomic mass is 10.00. The number of aromatic nitrogens is 1. The van der Waals surface area contributed by atoms with Crippen molar-refractivity contribution in [3.63, 3.8) is 0 Å². The topological polar surface area (TPSA) is 21.3 Å². The first-order chi connectivity index (χ1) is 27.7. The second-order valence-corrected chi connectivity index (χ2v) is 15.6. The molecule has 0 saturated carbocycles. The Morgan fingerprint density at radius 3 is 1.91 bits per heavy atom. The van der Waals surface area contributed by atoms with Crippen molar-refractivity contribution < 1.29 is 4.42 Å². The molecule has 4 heteroatoms. The Balaban J connectivity index is 0.999.